The first-order valence-corrected chi connectivity index (χ1v) is 7.91. The van der Waals surface area contributed by atoms with Crippen LogP contribution in [0, 0.1) is 6.92 Å². The molecule has 3 aromatic rings. The summed E-state index contributed by atoms with van der Waals surface area (Å²) < 4.78 is 0. The number of H-pyrrole nitrogens is 1. The van der Waals surface area contributed by atoms with Crippen molar-refractivity contribution < 1.29 is 9.90 Å². The van der Waals surface area contributed by atoms with E-state index in [1.807, 2.05) is 55.5 Å². The van der Waals surface area contributed by atoms with Gasteiger partial charge >= 0.3 is 0 Å². The lowest BCUT2D eigenvalue weighted by molar-refractivity contribution is -0.132. The van der Waals surface area contributed by atoms with Gasteiger partial charge in [0.05, 0.1) is 5.69 Å². The fraction of sp³-hybridized carbons (Fsp3) is 0.150. The van der Waals surface area contributed by atoms with Gasteiger partial charge in [-0.25, -0.2) is 0 Å². The molecular formula is C20H18N2O2. The minimum Gasteiger partial charge on any atom is -0.372 e. The highest BCUT2D eigenvalue weighted by Crippen LogP contribution is 2.47. The zero-order valence-corrected chi connectivity index (χ0v) is 13.4. The second-order valence-electron chi connectivity index (χ2n) is 6.10. The second-order valence-corrected chi connectivity index (χ2v) is 6.10. The number of amides is 1. The number of anilines is 1. The van der Waals surface area contributed by atoms with E-state index in [-0.39, 0.29) is 5.91 Å². The fourth-order valence-electron chi connectivity index (χ4n) is 3.73. The van der Waals surface area contributed by atoms with Gasteiger partial charge in [0.25, 0.3) is 5.91 Å². The first-order chi connectivity index (χ1) is 11.6. The van der Waals surface area contributed by atoms with Crippen LogP contribution >= 0.6 is 0 Å². The summed E-state index contributed by atoms with van der Waals surface area (Å²) in [5.41, 5.74) is 1.98. The molecule has 0 radical (unpaired) electrons. The van der Waals surface area contributed by atoms with Crippen molar-refractivity contribution in [1.29, 1.82) is 0 Å². The van der Waals surface area contributed by atoms with E-state index < -0.39 is 5.60 Å². The third-order valence-corrected chi connectivity index (χ3v) is 4.71. The van der Waals surface area contributed by atoms with Crippen molar-refractivity contribution in [3.63, 3.8) is 0 Å². The van der Waals surface area contributed by atoms with E-state index in [0.717, 1.165) is 22.3 Å². The van der Waals surface area contributed by atoms with Crippen LogP contribution in [0.5, 0.6) is 0 Å². The van der Waals surface area contributed by atoms with Crippen LogP contribution < -0.4 is 4.90 Å². The monoisotopic (exact) mass is 318 g/mol. The van der Waals surface area contributed by atoms with Crippen LogP contribution in [0.4, 0.5) is 5.69 Å². The van der Waals surface area contributed by atoms with Crippen LogP contribution in [-0.2, 0) is 10.4 Å². The van der Waals surface area contributed by atoms with E-state index in [9.17, 15) is 9.90 Å². The topological polar surface area (TPSA) is 56.3 Å². The third-order valence-electron chi connectivity index (χ3n) is 4.71. The van der Waals surface area contributed by atoms with Gasteiger partial charge in [-0.2, -0.15) is 0 Å². The third kappa shape index (κ3) is 1.74. The Kier molecular flexibility index (Phi) is 3.11. The molecule has 0 bridgehead atoms. The smallest absolute Gasteiger partial charge is 0.268 e. The number of hydrogen-bond acceptors (Lipinski definition) is 2. The molecule has 0 saturated heterocycles. The average Bonchev–Trinajstić information content (AvgIpc) is 3.03. The van der Waals surface area contributed by atoms with Crippen LogP contribution in [0.3, 0.4) is 0 Å². The van der Waals surface area contributed by atoms with Gasteiger partial charge in [0.15, 0.2) is 5.60 Å². The van der Waals surface area contributed by atoms with Crippen LogP contribution in [0.15, 0.2) is 61.2 Å². The van der Waals surface area contributed by atoms with E-state index in [2.05, 4.69) is 11.6 Å². The second kappa shape index (κ2) is 5.08. The number of fused-ring (bicyclic) bond motifs is 2. The molecule has 4 rings (SSSR count). The summed E-state index contributed by atoms with van der Waals surface area (Å²) in [6, 6.07) is 15.1. The molecule has 0 aliphatic carbocycles. The summed E-state index contributed by atoms with van der Waals surface area (Å²) in [6.07, 6.45) is 1.67. The van der Waals surface area contributed by atoms with Crippen LogP contribution in [-0.4, -0.2) is 22.5 Å². The van der Waals surface area contributed by atoms with Gasteiger partial charge in [-0.1, -0.05) is 42.5 Å². The molecule has 2 aromatic carbocycles. The normalized spacial score (nSPS) is 19.8. The predicted molar refractivity (Wildman–Crippen MR) is 95.0 cm³/mol. The summed E-state index contributed by atoms with van der Waals surface area (Å²) in [5, 5.41) is 12.5. The number of nitrogens with zero attached hydrogens (tertiary/aromatic N) is 1. The minimum absolute atomic E-state index is 0.337. The van der Waals surface area contributed by atoms with Crippen molar-refractivity contribution in [3.8, 4) is 0 Å². The maximum atomic E-state index is 13.2. The lowest BCUT2D eigenvalue weighted by Crippen LogP contribution is -2.41. The number of aromatic nitrogens is 1. The molecule has 2 N–H and O–H groups in total. The van der Waals surface area contributed by atoms with Crippen molar-refractivity contribution in [2.45, 2.75) is 12.5 Å². The Morgan fingerprint density at radius 1 is 1.21 bits per heavy atom. The van der Waals surface area contributed by atoms with Crippen molar-refractivity contribution >= 4 is 22.5 Å². The SMILES string of the molecule is C=CCN1C(=O)[C@@](O)(c2c(C)[nH]c3ccccc23)c2ccccc21. The molecule has 0 unspecified atom stereocenters. The Morgan fingerprint density at radius 3 is 2.71 bits per heavy atom. The molecule has 120 valence electrons. The molecule has 0 fully saturated rings. The molecule has 1 aromatic heterocycles. The molecule has 1 aliphatic rings. The molecule has 0 spiro atoms. The quantitative estimate of drug-likeness (QED) is 0.728. The van der Waals surface area contributed by atoms with Crippen LogP contribution in [0.2, 0.25) is 0 Å². The summed E-state index contributed by atoms with van der Waals surface area (Å²) in [7, 11) is 0. The standard InChI is InChI=1S/C20H18N2O2/c1-3-12-22-17-11-7-5-9-15(17)20(24,19(22)23)18-13(2)21-16-10-6-4-8-14(16)18/h3-11,21,24H,1,12H2,2H3/t20-/m0/s1. The van der Waals surface area contributed by atoms with E-state index in [1.54, 1.807) is 11.0 Å². The zero-order chi connectivity index (χ0) is 16.9. The van der Waals surface area contributed by atoms with Crippen LogP contribution in [0.1, 0.15) is 16.8 Å². The number of carbonyl (C=O) groups excluding carboxylic acids is 1. The Morgan fingerprint density at radius 2 is 1.92 bits per heavy atom. The lowest BCUT2D eigenvalue weighted by atomic mass is 9.85. The molecule has 4 heteroatoms. The largest absolute Gasteiger partial charge is 0.372 e. The van der Waals surface area contributed by atoms with Gasteiger partial charge in [-0.05, 0) is 19.1 Å². The first-order valence-electron chi connectivity index (χ1n) is 7.91. The van der Waals surface area contributed by atoms with Gasteiger partial charge in [0.2, 0.25) is 0 Å². The summed E-state index contributed by atoms with van der Waals surface area (Å²) in [5.74, 6) is -0.337. The highest BCUT2D eigenvalue weighted by molar-refractivity contribution is 6.11. The number of aromatic amines is 1. The molecule has 2 heterocycles. The molecule has 1 atom stereocenters. The van der Waals surface area contributed by atoms with Gasteiger partial charge in [-0.3, -0.25) is 4.79 Å². The first kappa shape index (κ1) is 14.7. The summed E-state index contributed by atoms with van der Waals surface area (Å²) >= 11 is 0. The van der Waals surface area contributed by atoms with Crippen LogP contribution in [0.25, 0.3) is 10.9 Å². The predicted octanol–water partition coefficient (Wildman–Crippen LogP) is 3.24. The number of para-hydroxylation sites is 2. The molecular weight excluding hydrogens is 300 g/mol. The number of aryl methyl sites for hydroxylation is 1. The summed E-state index contributed by atoms with van der Waals surface area (Å²) in [6.45, 7) is 5.98. The van der Waals surface area contributed by atoms with E-state index in [0.29, 0.717) is 17.7 Å². The maximum absolute atomic E-state index is 13.2. The van der Waals surface area contributed by atoms with E-state index in [1.165, 1.54) is 0 Å². The average molecular weight is 318 g/mol. The number of nitrogens with one attached hydrogen (secondary N) is 1. The van der Waals surface area contributed by atoms with Crippen molar-refractivity contribution in [3.05, 3.63) is 78.0 Å². The molecule has 4 nitrogen and oxygen atoms in total. The van der Waals surface area contributed by atoms with Crippen molar-refractivity contribution in [2.24, 2.45) is 0 Å². The van der Waals surface area contributed by atoms with E-state index >= 15 is 0 Å². The van der Waals surface area contributed by atoms with E-state index in [4.69, 9.17) is 0 Å². The number of carbonyl (C=O) groups is 1. The fourth-order valence-corrected chi connectivity index (χ4v) is 3.73. The van der Waals surface area contributed by atoms with Gasteiger partial charge in [0, 0.05) is 34.3 Å². The van der Waals surface area contributed by atoms with Crippen molar-refractivity contribution in [2.75, 3.05) is 11.4 Å². The number of benzene rings is 2. The maximum Gasteiger partial charge on any atom is 0.268 e. The highest BCUT2D eigenvalue weighted by atomic mass is 16.3. The van der Waals surface area contributed by atoms with Crippen molar-refractivity contribution in [1.82, 2.24) is 4.98 Å². The number of hydrogen-bond donors (Lipinski definition) is 2. The van der Waals surface area contributed by atoms with Gasteiger partial charge in [0.1, 0.15) is 0 Å². The Balaban J connectivity index is 2.04. The van der Waals surface area contributed by atoms with Gasteiger partial charge < -0.3 is 15.0 Å². The molecule has 1 aliphatic heterocycles. The Bertz CT molecular complexity index is 973. The number of rotatable bonds is 3. The number of aliphatic hydroxyl groups is 1. The highest BCUT2D eigenvalue weighted by Gasteiger charge is 2.52. The Hall–Kier alpha value is -2.85. The van der Waals surface area contributed by atoms with Gasteiger partial charge in [-0.15, -0.1) is 6.58 Å². The molecule has 1 amide bonds. The molecule has 0 saturated carbocycles. The minimum atomic E-state index is -1.69. The Labute approximate surface area is 140 Å². The summed E-state index contributed by atoms with van der Waals surface area (Å²) in [4.78, 5) is 18.0. The lowest BCUT2D eigenvalue weighted by Gasteiger charge is -2.23. The zero-order valence-electron chi connectivity index (χ0n) is 13.4. The molecule has 24 heavy (non-hydrogen) atoms.